The van der Waals surface area contributed by atoms with Gasteiger partial charge in [-0.1, -0.05) is 6.92 Å². The summed E-state index contributed by atoms with van der Waals surface area (Å²) < 4.78 is 1.88. The van der Waals surface area contributed by atoms with E-state index in [1.54, 1.807) is 4.90 Å². The maximum atomic E-state index is 12.5. The number of β-amino-alcohol motifs (C(OH)–C–C–N with tert-alkyl or cyclic N) is 1. The van der Waals surface area contributed by atoms with Gasteiger partial charge in [0.2, 0.25) is 0 Å². The maximum Gasteiger partial charge on any atom is 0.274 e. The number of piperidine rings is 1. The van der Waals surface area contributed by atoms with Crippen molar-refractivity contribution < 1.29 is 9.90 Å². The minimum atomic E-state index is -0.432. The molecule has 1 aliphatic heterocycles. The largest absolute Gasteiger partial charge is 0.391 e. The van der Waals surface area contributed by atoms with Crippen molar-refractivity contribution in [3.8, 4) is 0 Å². The Labute approximate surface area is 120 Å². The summed E-state index contributed by atoms with van der Waals surface area (Å²) in [5.41, 5.74) is 1.31. The molecule has 0 bridgehead atoms. The summed E-state index contributed by atoms with van der Waals surface area (Å²) in [6.45, 7) is 11.3. The van der Waals surface area contributed by atoms with Gasteiger partial charge in [0.05, 0.1) is 11.6 Å². The highest BCUT2D eigenvalue weighted by atomic mass is 16.3. The maximum absolute atomic E-state index is 12.5. The molecule has 1 aromatic rings. The second kappa shape index (κ2) is 5.20. The van der Waals surface area contributed by atoms with Crippen LogP contribution in [0.5, 0.6) is 0 Å². The summed E-state index contributed by atoms with van der Waals surface area (Å²) in [7, 11) is 0. The highest BCUT2D eigenvalue weighted by molar-refractivity contribution is 5.92. The Morgan fingerprint density at radius 3 is 2.60 bits per heavy atom. The molecule has 1 aliphatic rings. The van der Waals surface area contributed by atoms with Crippen LogP contribution in [0, 0.1) is 12.8 Å². The number of aromatic nitrogens is 2. The Bertz CT molecular complexity index is 502. The van der Waals surface area contributed by atoms with Gasteiger partial charge in [-0.3, -0.25) is 9.48 Å². The predicted molar refractivity (Wildman–Crippen MR) is 77.7 cm³/mol. The van der Waals surface area contributed by atoms with Crippen molar-refractivity contribution >= 4 is 5.91 Å². The van der Waals surface area contributed by atoms with E-state index in [0.29, 0.717) is 18.8 Å². The van der Waals surface area contributed by atoms with Crippen LogP contribution < -0.4 is 0 Å². The van der Waals surface area contributed by atoms with Crippen LogP contribution in [0.15, 0.2) is 6.07 Å². The molecule has 1 amide bonds. The van der Waals surface area contributed by atoms with E-state index in [9.17, 15) is 9.90 Å². The summed E-state index contributed by atoms with van der Waals surface area (Å²) in [4.78, 5) is 14.2. The molecule has 2 heterocycles. The number of carbonyl (C=O) groups is 1. The molecule has 1 N–H and O–H groups in total. The predicted octanol–water partition coefficient (Wildman–Crippen LogP) is 1.79. The van der Waals surface area contributed by atoms with Crippen molar-refractivity contribution in [3.63, 3.8) is 0 Å². The SMILES string of the molecule is Cc1cc(C(=O)N2CCC(C)C(O)C2)nn1C(C)(C)C. The standard InChI is InChI=1S/C15H25N3O2/c1-10-6-7-17(9-13(10)19)14(20)12-8-11(2)18(16-12)15(3,4)5/h8,10,13,19H,6-7,9H2,1-5H3. The first-order chi connectivity index (χ1) is 9.20. The fourth-order valence-corrected chi connectivity index (χ4v) is 2.65. The van der Waals surface area contributed by atoms with Gasteiger partial charge >= 0.3 is 0 Å². The number of likely N-dealkylation sites (tertiary alicyclic amines) is 1. The molecular formula is C15H25N3O2. The Balaban J connectivity index is 2.18. The lowest BCUT2D eigenvalue weighted by Crippen LogP contribution is -2.46. The van der Waals surface area contributed by atoms with Crippen molar-refractivity contribution in [2.75, 3.05) is 13.1 Å². The molecule has 0 aromatic carbocycles. The van der Waals surface area contributed by atoms with Gasteiger partial charge in [0.1, 0.15) is 0 Å². The van der Waals surface area contributed by atoms with E-state index in [4.69, 9.17) is 0 Å². The molecule has 5 nitrogen and oxygen atoms in total. The minimum absolute atomic E-state index is 0.0814. The van der Waals surface area contributed by atoms with Crippen molar-refractivity contribution in [1.82, 2.24) is 14.7 Å². The Hall–Kier alpha value is -1.36. The average molecular weight is 279 g/mol. The third kappa shape index (κ3) is 2.87. The van der Waals surface area contributed by atoms with Gasteiger partial charge < -0.3 is 10.0 Å². The Morgan fingerprint density at radius 2 is 2.10 bits per heavy atom. The van der Waals surface area contributed by atoms with E-state index in [1.807, 2.05) is 24.6 Å². The van der Waals surface area contributed by atoms with Crippen LogP contribution in [0.1, 0.15) is 50.3 Å². The first kappa shape index (κ1) is 15.0. The number of aliphatic hydroxyl groups excluding tert-OH is 1. The second-order valence-corrected chi connectivity index (χ2v) is 6.84. The molecule has 0 spiro atoms. The first-order valence-electron chi connectivity index (χ1n) is 7.24. The highest BCUT2D eigenvalue weighted by Crippen LogP contribution is 2.21. The molecule has 2 unspecified atom stereocenters. The highest BCUT2D eigenvalue weighted by Gasteiger charge is 2.30. The fourth-order valence-electron chi connectivity index (χ4n) is 2.65. The summed E-state index contributed by atoms with van der Waals surface area (Å²) in [6, 6.07) is 1.83. The minimum Gasteiger partial charge on any atom is -0.391 e. The van der Waals surface area contributed by atoms with Crippen LogP contribution in [-0.4, -0.2) is 44.9 Å². The lowest BCUT2D eigenvalue weighted by molar-refractivity contribution is 0.0244. The van der Waals surface area contributed by atoms with Crippen LogP contribution in [-0.2, 0) is 5.54 Å². The lowest BCUT2D eigenvalue weighted by atomic mass is 9.96. The van der Waals surface area contributed by atoms with Gasteiger partial charge in [-0.05, 0) is 46.1 Å². The van der Waals surface area contributed by atoms with Gasteiger partial charge in [-0.15, -0.1) is 0 Å². The molecule has 0 aliphatic carbocycles. The van der Waals surface area contributed by atoms with Crippen LogP contribution in [0.25, 0.3) is 0 Å². The third-order valence-corrected chi connectivity index (χ3v) is 3.95. The molecule has 20 heavy (non-hydrogen) atoms. The Morgan fingerprint density at radius 1 is 1.45 bits per heavy atom. The van der Waals surface area contributed by atoms with Crippen molar-refractivity contribution in [2.45, 2.75) is 52.7 Å². The zero-order chi connectivity index (χ0) is 15.1. The Kier molecular flexibility index (Phi) is 3.91. The van der Waals surface area contributed by atoms with E-state index in [1.165, 1.54) is 0 Å². The van der Waals surface area contributed by atoms with E-state index in [-0.39, 0.29) is 17.4 Å². The van der Waals surface area contributed by atoms with Gasteiger partial charge in [0.15, 0.2) is 5.69 Å². The molecule has 2 rings (SSSR count). The molecule has 2 atom stereocenters. The van der Waals surface area contributed by atoms with Crippen LogP contribution in [0.2, 0.25) is 0 Å². The van der Waals surface area contributed by atoms with Crippen LogP contribution in [0.3, 0.4) is 0 Å². The van der Waals surface area contributed by atoms with Crippen LogP contribution >= 0.6 is 0 Å². The quantitative estimate of drug-likeness (QED) is 0.852. The monoisotopic (exact) mass is 279 g/mol. The van der Waals surface area contributed by atoms with Crippen molar-refractivity contribution in [2.24, 2.45) is 5.92 Å². The molecule has 1 aromatic heterocycles. The smallest absolute Gasteiger partial charge is 0.274 e. The summed E-state index contributed by atoms with van der Waals surface area (Å²) in [6.07, 6.45) is 0.407. The molecule has 0 saturated carbocycles. The lowest BCUT2D eigenvalue weighted by Gasteiger charge is -2.33. The zero-order valence-corrected chi connectivity index (χ0v) is 13.1. The molecule has 1 saturated heterocycles. The molecule has 112 valence electrons. The van der Waals surface area contributed by atoms with E-state index >= 15 is 0 Å². The summed E-state index contributed by atoms with van der Waals surface area (Å²) in [5, 5.41) is 14.4. The molecule has 0 radical (unpaired) electrons. The first-order valence-corrected chi connectivity index (χ1v) is 7.24. The van der Waals surface area contributed by atoms with E-state index in [0.717, 1.165) is 12.1 Å². The number of rotatable bonds is 1. The average Bonchev–Trinajstić information content (AvgIpc) is 2.74. The number of nitrogens with zero attached hydrogens (tertiary/aromatic N) is 3. The molecular weight excluding hydrogens is 254 g/mol. The number of carbonyl (C=O) groups excluding carboxylic acids is 1. The molecule has 5 heteroatoms. The number of amides is 1. The van der Waals surface area contributed by atoms with Gasteiger partial charge in [-0.25, -0.2) is 0 Å². The van der Waals surface area contributed by atoms with Crippen molar-refractivity contribution in [1.29, 1.82) is 0 Å². The van der Waals surface area contributed by atoms with Gasteiger partial charge in [0, 0.05) is 18.8 Å². The molecule has 1 fully saturated rings. The second-order valence-electron chi connectivity index (χ2n) is 6.84. The normalized spacial score (nSPS) is 24.0. The summed E-state index contributed by atoms with van der Waals surface area (Å²) in [5.74, 6) is 0.176. The van der Waals surface area contributed by atoms with E-state index < -0.39 is 6.10 Å². The third-order valence-electron chi connectivity index (χ3n) is 3.95. The van der Waals surface area contributed by atoms with Crippen LogP contribution in [0.4, 0.5) is 0 Å². The number of aliphatic hydroxyl groups is 1. The fraction of sp³-hybridized carbons (Fsp3) is 0.733. The van der Waals surface area contributed by atoms with Gasteiger partial charge in [-0.2, -0.15) is 5.10 Å². The summed E-state index contributed by atoms with van der Waals surface area (Å²) >= 11 is 0. The van der Waals surface area contributed by atoms with Crippen molar-refractivity contribution in [3.05, 3.63) is 17.5 Å². The topological polar surface area (TPSA) is 58.4 Å². The van der Waals surface area contributed by atoms with Gasteiger partial charge in [0.25, 0.3) is 5.91 Å². The number of aryl methyl sites for hydroxylation is 1. The number of hydrogen-bond donors (Lipinski definition) is 1. The number of hydrogen-bond acceptors (Lipinski definition) is 3. The van der Waals surface area contributed by atoms with E-state index in [2.05, 4.69) is 25.9 Å². The zero-order valence-electron chi connectivity index (χ0n) is 13.1.